The van der Waals surface area contributed by atoms with Crippen LogP contribution in [-0.2, 0) is 14.3 Å². The number of aliphatic carboxylic acids is 1. The quantitative estimate of drug-likeness (QED) is 0.297. The van der Waals surface area contributed by atoms with Gasteiger partial charge in [-0.15, -0.1) is 0 Å². The van der Waals surface area contributed by atoms with Crippen LogP contribution < -0.4 is 0 Å². The van der Waals surface area contributed by atoms with Crippen LogP contribution in [0, 0.1) is 39.4 Å². The number of esters is 1. The van der Waals surface area contributed by atoms with Crippen LogP contribution >= 0.6 is 0 Å². The molecule has 202 valence electrons. The number of carbonyl (C=O) groups excluding carboxylic acids is 1. The van der Waals surface area contributed by atoms with Gasteiger partial charge in [-0.3, -0.25) is 9.59 Å². The van der Waals surface area contributed by atoms with Gasteiger partial charge in [0.1, 0.15) is 6.10 Å². The molecule has 0 radical (unpaired) electrons. The summed E-state index contributed by atoms with van der Waals surface area (Å²) < 4.78 is 5.84. The predicted octanol–water partition coefficient (Wildman–Crippen LogP) is 8.11. The van der Waals surface area contributed by atoms with E-state index in [4.69, 9.17) is 4.74 Å². The lowest BCUT2D eigenvalue weighted by Crippen LogP contribution is -2.56. The number of rotatable bonds is 6. The number of carboxylic acids is 1. The summed E-state index contributed by atoms with van der Waals surface area (Å²) in [5.74, 6) is -0.291. The minimum atomic E-state index is -0.603. The van der Waals surface area contributed by atoms with Gasteiger partial charge in [0.05, 0.1) is 5.92 Å². The minimum absolute atomic E-state index is 0.00680. The lowest BCUT2D eigenvalue weighted by molar-refractivity contribution is -0.167. The third-order valence-corrected chi connectivity index (χ3v) is 11.9. The van der Waals surface area contributed by atoms with Crippen molar-refractivity contribution >= 4 is 11.9 Å². The Morgan fingerprint density at radius 1 is 0.972 bits per heavy atom. The van der Waals surface area contributed by atoms with E-state index >= 15 is 0 Å². The van der Waals surface area contributed by atoms with E-state index in [0.717, 1.165) is 64.2 Å². The van der Waals surface area contributed by atoms with Gasteiger partial charge in [0.2, 0.25) is 0 Å². The van der Waals surface area contributed by atoms with E-state index in [1.54, 1.807) is 11.1 Å². The highest BCUT2D eigenvalue weighted by Crippen LogP contribution is 2.72. The molecule has 0 bridgehead atoms. The SMILES string of the molecule is CC(=O)O[C@H]1CCC2(C)C3=C(CC[C@H]2C1(C)C)[C@]1(C)CCC([C@@H](CCC=C(C)C)C(=O)O)C1(C)CC3. The zero-order valence-corrected chi connectivity index (χ0v) is 24.1. The number of allylic oxidation sites excluding steroid dienone is 4. The summed E-state index contributed by atoms with van der Waals surface area (Å²) in [5, 5.41) is 10.3. The molecule has 4 heteroatoms. The van der Waals surface area contributed by atoms with Gasteiger partial charge >= 0.3 is 11.9 Å². The average molecular weight is 499 g/mol. The Hall–Kier alpha value is -1.58. The van der Waals surface area contributed by atoms with Crippen LogP contribution in [0.15, 0.2) is 22.8 Å². The van der Waals surface area contributed by atoms with Crippen LogP contribution in [0.25, 0.3) is 0 Å². The van der Waals surface area contributed by atoms with E-state index in [9.17, 15) is 14.7 Å². The Balaban J connectivity index is 1.67. The maximum atomic E-state index is 12.5. The van der Waals surface area contributed by atoms with E-state index in [-0.39, 0.29) is 45.6 Å². The van der Waals surface area contributed by atoms with Crippen molar-refractivity contribution in [2.24, 2.45) is 39.4 Å². The van der Waals surface area contributed by atoms with Crippen molar-refractivity contribution in [2.45, 2.75) is 126 Å². The van der Waals surface area contributed by atoms with E-state index in [0.29, 0.717) is 5.92 Å². The fourth-order valence-corrected chi connectivity index (χ4v) is 9.81. The number of carboxylic acid groups (broad SMARTS) is 1. The van der Waals surface area contributed by atoms with E-state index < -0.39 is 5.97 Å². The predicted molar refractivity (Wildman–Crippen MR) is 144 cm³/mol. The molecule has 0 amide bonds. The molecule has 0 aromatic rings. The molecule has 3 unspecified atom stereocenters. The summed E-state index contributed by atoms with van der Waals surface area (Å²) in [6, 6.07) is 0. The molecule has 1 N–H and O–H groups in total. The van der Waals surface area contributed by atoms with Crippen molar-refractivity contribution in [3.63, 3.8) is 0 Å². The lowest BCUT2D eigenvalue weighted by atomic mass is 9.43. The van der Waals surface area contributed by atoms with Crippen LogP contribution in [0.1, 0.15) is 120 Å². The average Bonchev–Trinajstić information content (AvgIpc) is 3.04. The molecular formula is C32H50O4. The summed E-state index contributed by atoms with van der Waals surface area (Å²) >= 11 is 0. The van der Waals surface area contributed by atoms with Crippen LogP contribution in [0.2, 0.25) is 0 Å². The second-order valence-corrected chi connectivity index (χ2v) is 14.1. The molecule has 0 heterocycles. The molecule has 4 aliphatic carbocycles. The first-order valence-corrected chi connectivity index (χ1v) is 14.4. The summed E-state index contributed by atoms with van der Waals surface area (Å²) in [6.07, 6.45) is 12.4. The van der Waals surface area contributed by atoms with Gasteiger partial charge in [0.15, 0.2) is 0 Å². The smallest absolute Gasteiger partial charge is 0.306 e. The fraction of sp³-hybridized carbons (Fsp3) is 0.812. The largest absolute Gasteiger partial charge is 0.481 e. The molecule has 2 saturated carbocycles. The molecule has 36 heavy (non-hydrogen) atoms. The molecule has 0 aliphatic heterocycles. The molecule has 4 nitrogen and oxygen atoms in total. The highest BCUT2D eigenvalue weighted by Gasteiger charge is 2.64. The summed E-state index contributed by atoms with van der Waals surface area (Å²) in [6.45, 7) is 17.8. The molecule has 4 aliphatic rings. The van der Waals surface area contributed by atoms with Gasteiger partial charge in [-0.05, 0) is 106 Å². The Morgan fingerprint density at radius 3 is 2.28 bits per heavy atom. The number of hydrogen-bond donors (Lipinski definition) is 1. The van der Waals surface area contributed by atoms with Gasteiger partial charge in [0, 0.05) is 12.3 Å². The first-order chi connectivity index (χ1) is 16.7. The second kappa shape index (κ2) is 9.31. The van der Waals surface area contributed by atoms with Gasteiger partial charge < -0.3 is 9.84 Å². The van der Waals surface area contributed by atoms with Crippen LogP contribution in [-0.4, -0.2) is 23.1 Å². The van der Waals surface area contributed by atoms with Crippen LogP contribution in [0.4, 0.5) is 0 Å². The number of ether oxygens (including phenoxy) is 1. The molecule has 0 saturated heterocycles. The maximum Gasteiger partial charge on any atom is 0.306 e. The van der Waals surface area contributed by atoms with Crippen molar-refractivity contribution in [1.82, 2.24) is 0 Å². The minimum Gasteiger partial charge on any atom is -0.481 e. The van der Waals surface area contributed by atoms with Crippen molar-refractivity contribution in [2.75, 3.05) is 0 Å². The summed E-state index contributed by atoms with van der Waals surface area (Å²) in [7, 11) is 0. The van der Waals surface area contributed by atoms with Crippen molar-refractivity contribution < 1.29 is 19.4 Å². The van der Waals surface area contributed by atoms with Gasteiger partial charge in [-0.1, -0.05) is 57.4 Å². The molecule has 0 spiro atoms. The number of fused-ring (bicyclic) bond motifs is 4. The summed E-state index contributed by atoms with van der Waals surface area (Å²) in [5.41, 5.74) is 4.85. The van der Waals surface area contributed by atoms with Crippen LogP contribution in [0.5, 0.6) is 0 Å². The maximum absolute atomic E-state index is 12.5. The highest BCUT2D eigenvalue weighted by atomic mass is 16.5. The first kappa shape index (κ1) is 27.5. The third-order valence-electron chi connectivity index (χ3n) is 11.9. The topological polar surface area (TPSA) is 63.6 Å². The first-order valence-electron chi connectivity index (χ1n) is 14.4. The standard InChI is InChI=1S/C32H50O4/c1-20(2)10-9-11-22(28(34)35)23-14-18-32(8)25-12-13-26-29(4,5)27(36-21(3)33)16-17-30(26,6)24(25)15-19-31(23,32)7/h10,22-23,26-27H,9,11-19H2,1-8H3,(H,34,35)/t22-,23?,26+,27+,30?,31?,32+/m1/s1. The van der Waals surface area contributed by atoms with Gasteiger partial charge in [0.25, 0.3) is 0 Å². The highest BCUT2D eigenvalue weighted by molar-refractivity contribution is 5.70. The van der Waals surface area contributed by atoms with Crippen molar-refractivity contribution in [3.8, 4) is 0 Å². The normalized spacial score (nSPS) is 39.9. The molecule has 0 aromatic carbocycles. The Kier molecular flexibility index (Phi) is 7.10. The van der Waals surface area contributed by atoms with Gasteiger partial charge in [-0.25, -0.2) is 0 Å². The van der Waals surface area contributed by atoms with Gasteiger partial charge in [-0.2, -0.15) is 0 Å². The Bertz CT molecular complexity index is 969. The van der Waals surface area contributed by atoms with E-state index in [2.05, 4.69) is 54.5 Å². The van der Waals surface area contributed by atoms with Crippen molar-refractivity contribution in [1.29, 1.82) is 0 Å². The molecule has 7 atom stereocenters. The fourth-order valence-electron chi connectivity index (χ4n) is 9.81. The van der Waals surface area contributed by atoms with Crippen LogP contribution in [0.3, 0.4) is 0 Å². The molecule has 4 rings (SSSR count). The third kappa shape index (κ3) is 4.09. The molecule has 2 fully saturated rings. The zero-order valence-electron chi connectivity index (χ0n) is 24.1. The Morgan fingerprint density at radius 2 is 1.67 bits per heavy atom. The second-order valence-electron chi connectivity index (χ2n) is 14.1. The number of hydrogen-bond acceptors (Lipinski definition) is 3. The Labute approximate surface area is 219 Å². The van der Waals surface area contributed by atoms with Crippen molar-refractivity contribution in [3.05, 3.63) is 22.8 Å². The summed E-state index contributed by atoms with van der Waals surface area (Å²) in [4.78, 5) is 24.3. The lowest BCUT2D eigenvalue weighted by Gasteiger charge is -2.62. The van der Waals surface area contributed by atoms with E-state index in [1.165, 1.54) is 12.5 Å². The number of carbonyl (C=O) groups is 2. The van der Waals surface area contributed by atoms with E-state index in [1.807, 2.05) is 0 Å². The zero-order chi connectivity index (χ0) is 26.7. The monoisotopic (exact) mass is 498 g/mol. The molecule has 0 aromatic heterocycles. The molecular weight excluding hydrogens is 448 g/mol.